The third-order valence-corrected chi connectivity index (χ3v) is 6.01. The summed E-state index contributed by atoms with van der Waals surface area (Å²) in [4.78, 5) is 26.0. The van der Waals surface area contributed by atoms with Crippen LogP contribution in [0.3, 0.4) is 0 Å². The minimum absolute atomic E-state index is 0.0737. The molecule has 0 bridgehead atoms. The van der Waals surface area contributed by atoms with Crippen molar-refractivity contribution in [2.45, 2.75) is 39.3 Å². The highest BCUT2D eigenvalue weighted by Crippen LogP contribution is 2.30. The maximum Gasteiger partial charge on any atom is 0.293 e. The van der Waals surface area contributed by atoms with E-state index in [1.54, 1.807) is 24.3 Å². The van der Waals surface area contributed by atoms with Gasteiger partial charge in [-0.2, -0.15) is 0 Å². The Hall–Kier alpha value is -2.29. The zero-order chi connectivity index (χ0) is 20.1. The average Bonchev–Trinajstić information content (AvgIpc) is 3.33. The molecular formula is C20H26N3O4S+. The van der Waals surface area contributed by atoms with Gasteiger partial charge in [0.1, 0.15) is 24.9 Å². The third-order valence-electron chi connectivity index (χ3n) is 5.13. The lowest BCUT2D eigenvalue weighted by Gasteiger charge is -2.22. The van der Waals surface area contributed by atoms with E-state index in [1.165, 1.54) is 10.9 Å². The van der Waals surface area contributed by atoms with Crippen molar-refractivity contribution in [3.8, 4) is 0 Å². The van der Waals surface area contributed by atoms with Crippen LogP contribution in [-0.4, -0.2) is 36.6 Å². The summed E-state index contributed by atoms with van der Waals surface area (Å²) in [5.41, 5.74) is 1.85. The van der Waals surface area contributed by atoms with Crippen LogP contribution in [0, 0.1) is 24.0 Å². The zero-order valence-electron chi connectivity index (χ0n) is 16.2. The number of aryl methyl sites for hydroxylation is 1. The molecule has 1 fully saturated rings. The van der Waals surface area contributed by atoms with Gasteiger partial charge in [-0.05, 0) is 49.3 Å². The second-order valence-electron chi connectivity index (χ2n) is 7.23. The maximum atomic E-state index is 12.8. The van der Waals surface area contributed by atoms with E-state index in [0.717, 1.165) is 48.6 Å². The molecule has 1 unspecified atom stereocenters. The van der Waals surface area contributed by atoms with Crippen LogP contribution in [0.2, 0.25) is 0 Å². The molecule has 1 aliphatic heterocycles. The Morgan fingerprint density at radius 1 is 1.39 bits per heavy atom. The van der Waals surface area contributed by atoms with E-state index >= 15 is 0 Å². The molecule has 1 aromatic heterocycles. The first-order chi connectivity index (χ1) is 13.4. The number of thiophene rings is 1. The second-order valence-corrected chi connectivity index (χ2v) is 8.26. The second kappa shape index (κ2) is 9.27. The van der Waals surface area contributed by atoms with Crippen molar-refractivity contribution in [1.82, 2.24) is 0 Å². The number of rotatable bonds is 8. The molecular weight excluding hydrogens is 378 g/mol. The smallest absolute Gasteiger partial charge is 0.293 e. The largest absolute Gasteiger partial charge is 0.372 e. The summed E-state index contributed by atoms with van der Waals surface area (Å²) in [6, 6.07) is 7.21. The molecule has 150 valence electrons. The van der Waals surface area contributed by atoms with E-state index < -0.39 is 4.92 Å². The van der Waals surface area contributed by atoms with E-state index in [9.17, 15) is 14.9 Å². The Morgan fingerprint density at radius 3 is 2.86 bits per heavy atom. The summed E-state index contributed by atoms with van der Waals surface area (Å²) in [5.74, 6) is -0.221. The van der Waals surface area contributed by atoms with Gasteiger partial charge in [-0.3, -0.25) is 14.9 Å². The lowest BCUT2D eigenvalue weighted by atomic mass is 10.1. The van der Waals surface area contributed by atoms with E-state index in [2.05, 4.69) is 11.4 Å². The minimum atomic E-state index is -0.454. The van der Waals surface area contributed by atoms with Gasteiger partial charge in [0, 0.05) is 12.7 Å². The third kappa shape index (κ3) is 5.15. The molecule has 0 radical (unpaired) electrons. The van der Waals surface area contributed by atoms with Gasteiger partial charge in [0.05, 0.1) is 9.80 Å². The molecule has 2 N–H and O–H groups in total. The van der Waals surface area contributed by atoms with Crippen LogP contribution in [0.4, 0.5) is 11.4 Å². The van der Waals surface area contributed by atoms with E-state index in [1.807, 2.05) is 18.4 Å². The van der Waals surface area contributed by atoms with Crippen LogP contribution >= 0.6 is 11.3 Å². The highest BCUT2D eigenvalue weighted by Gasteiger charge is 2.26. The first kappa shape index (κ1) is 20.4. The topological polar surface area (TPSA) is 85.9 Å². The Labute approximate surface area is 168 Å². The number of anilines is 1. The quantitative estimate of drug-likeness (QED) is 0.523. The number of nitro benzene ring substituents is 1. The van der Waals surface area contributed by atoms with Crippen LogP contribution in [0.5, 0.6) is 0 Å². The number of amides is 1. The SMILES string of the molecule is Cc1ccc([N+](=O)[O-])c(NC(=O)C[NH+](Cc2cccs2)C[C@H]2CCCO2)c1C. The van der Waals surface area contributed by atoms with Gasteiger partial charge in [-0.15, -0.1) is 11.3 Å². The summed E-state index contributed by atoms with van der Waals surface area (Å²) in [5, 5.41) is 16.2. The van der Waals surface area contributed by atoms with Gasteiger partial charge in [0.15, 0.2) is 6.54 Å². The Morgan fingerprint density at radius 2 is 2.21 bits per heavy atom. The van der Waals surface area contributed by atoms with Gasteiger partial charge in [-0.25, -0.2) is 0 Å². The number of nitro groups is 1. The van der Waals surface area contributed by atoms with Gasteiger partial charge in [0.25, 0.3) is 11.6 Å². The van der Waals surface area contributed by atoms with Gasteiger partial charge in [-0.1, -0.05) is 12.1 Å². The molecule has 0 aliphatic carbocycles. The standard InChI is InChI=1S/C20H25N3O4S/c1-14-7-8-18(23(25)26)20(15(14)2)21-19(24)13-22(11-16-5-3-9-27-16)12-17-6-4-10-28-17/h4,6-8,10,16H,3,5,9,11-13H2,1-2H3,(H,21,24)/p+1/t16-/m1/s1. The minimum Gasteiger partial charge on any atom is -0.372 e. The van der Waals surface area contributed by atoms with Crippen LogP contribution in [0.25, 0.3) is 0 Å². The Bertz CT molecular complexity index is 832. The van der Waals surface area contributed by atoms with Crippen molar-refractivity contribution < 1.29 is 19.4 Å². The average molecular weight is 405 g/mol. The number of quaternary nitrogens is 1. The van der Waals surface area contributed by atoms with Gasteiger partial charge < -0.3 is 15.0 Å². The van der Waals surface area contributed by atoms with Crippen molar-refractivity contribution in [2.24, 2.45) is 0 Å². The fraction of sp³-hybridized carbons (Fsp3) is 0.450. The lowest BCUT2D eigenvalue weighted by Crippen LogP contribution is -3.12. The fourth-order valence-corrected chi connectivity index (χ4v) is 4.29. The molecule has 1 amide bonds. The van der Waals surface area contributed by atoms with E-state index in [0.29, 0.717) is 5.69 Å². The number of hydrogen-bond donors (Lipinski definition) is 2. The zero-order valence-corrected chi connectivity index (χ0v) is 17.0. The highest BCUT2D eigenvalue weighted by atomic mass is 32.1. The number of carbonyl (C=O) groups excluding carboxylic acids is 1. The summed E-state index contributed by atoms with van der Waals surface area (Å²) in [6.45, 7) is 6.17. The molecule has 8 heteroatoms. The van der Waals surface area contributed by atoms with Crippen molar-refractivity contribution in [1.29, 1.82) is 0 Å². The van der Waals surface area contributed by atoms with Crippen molar-refractivity contribution in [3.05, 3.63) is 55.8 Å². The van der Waals surface area contributed by atoms with E-state index in [4.69, 9.17) is 4.74 Å². The van der Waals surface area contributed by atoms with Crippen LogP contribution < -0.4 is 10.2 Å². The Kier molecular flexibility index (Phi) is 6.77. The molecule has 0 spiro atoms. The maximum absolute atomic E-state index is 12.8. The normalized spacial score (nSPS) is 17.4. The summed E-state index contributed by atoms with van der Waals surface area (Å²) in [7, 11) is 0. The molecule has 2 atom stereocenters. The van der Waals surface area contributed by atoms with E-state index in [-0.39, 0.29) is 24.2 Å². The number of benzene rings is 1. The predicted octanol–water partition coefficient (Wildman–Crippen LogP) is 2.48. The van der Waals surface area contributed by atoms with Crippen molar-refractivity contribution in [2.75, 3.05) is 25.0 Å². The molecule has 1 saturated heterocycles. The lowest BCUT2D eigenvalue weighted by molar-refractivity contribution is -0.908. The summed E-state index contributed by atoms with van der Waals surface area (Å²) < 4.78 is 5.75. The highest BCUT2D eigenvalue weighted by molar-refractivity contribution is 7.09. The molecule has 1 aromatic carbocycles. The number of ether oxygens (including phenoxy) is 1. The first-order valence-electron chi connectivity index (χ1n) is 9.46. The fourth-order valence-electron chi connectivity index (χ4n) is 3.52. The predicted molar refractivity (Wildman–Crippen MR) is 109 cm³/mol. The molecule has 28 heavy (non-hydrogen) atoms. The molecule has 2 heterocycles. The number of nitrogens with zero attached hydrogens (tertiary/aromatic N) is 1. The van der Waals surface area contributed by atoms with Gasteiger partial charge >= 0.3 is 0 Å². The van der Waals surface area contributed by atoms with Crippen LogP contribution in [-0.2, 0) is 16.1 Å². The van der Waals surface area contributed by atoms with Crippen LogP contribution in [0.1, 0.15) is 28.8 Å². The number of hydrogen-bond acceptors (Lipinski definition) is 5. The first-order valence-corrected chi connectivity index (χ1v) is 10.3. The number of carbonyl (C=O) groups is 1. The Balaban J connectivity index is 1.72. The summed E-state index contributed by atoms with van der Waals surface area (Å²) in [6.07, 6.45) is 2.23. The van der Waals surface area contributed by atoms with Crippen LogP contribution in [0.15, 0.2) is 29.6 Å². The van der Waals surface area contributed by atoms with Crippen molar-refractivity contribution in [3.63, 3.8) is 0 Å². The number of nitrogens with one attached hydrogen (secondary N) is 2. The molecule has 7 nitrogen and oxygen atoms in total. The van der Waals surface area contributed by atoms with Gasteiger partial charge in [0.2, 0.25) is 0 Å². The molecule has 0 saturated carbocycles. The van der Waals surface area contributed by atoms with Crippen molar-refractivity contribution >= 4 is 28.6 Å². The summed E-state index contributed by atoms with van der Waals surface area (Å²) >= 11 is 1.67. The molecule has 1 aliphatic rings. The monoisotopic (exact) mass is 404 g/mol. The molecule has 2 aromatic rings. The molecule has 3 rings (SSSR count).